The number of ether oxygens (including phenoxy) is 1. The summed E-state index contributed by atoms with van der Waals surface area (Å²) in [5, 5.41) is 3.78. The van der Waals surface area contributed by atoms with E-state index in [-0.39, 0.29) is 0 Å². The van der Waals surface area contributed by atoms with Crippen LogP contribution >= 0.6 is 0 Å². The summed E-state index contributed by atoms with van der Waals surface area (Å²) < 4.78 is 6.31. The van der Waals surface area contributed by atoms with Crippen molar-refractivity contribution in [2.75, 3.05) is 26.2 Å². The van der Waals surface area contributed by atoms with Crippen molar-refractivity contribution < 1.29 is 4.74 Å². The lowest BCUT2D eigenvalue weighted by Crippen LogP contribution is -2.56. The van der Waals surface area contributed by atoms with Crippen LogP contribution in [0.3, 0.4) is 0 Å². The molecule has 21 heavy (non-hydrogen) atoms. The van der Waals surface area contributed by atoms with Crippen LogP contribution in [-0.4, -0.2) is 49.3 Å². The molecule has 3 aliphatic rings. The van der Waals surface area contributed by atoms with Crippen molar-refractivity contribution in [3.63, 3.8) is 0 Å². The molecule has 0 aromatic rings. The molecule has 2 saturated heterocycles. The summed E-state index contributed by atoms with van der Waals surface area (Å²) in [6.07, 6.45) is 10.2. The zero-order valence-corrected chi connectivity index (χ0v) is 14.0. The Morgan fingerprint density at radius 3 is 2.67 bits per heavy atom. The number of nitrogens with zero attached hydrogens (tertiary/aromatic N) is 1. The lowest BCUT2D eigenvalue weighted by molar-refractivity contribution is -0.0764. The number of nitrogens with one attached hydrogen (secondary N) is 1. The topological polar surface area (TPSA) is 24.5 Å². The van der Waals surface area contributed by atoms with Crippen molar-refractivity contribution in [3.8, 4) is 0 Å². The molecule has 3 fully saturated rings. The average Bonchev–Trinajstić information content (AvgIpc) is 3.00. The van der Waals surface area contributed by atoms with Crippen molar-refractivity contribution in [3.05, 3.63) is 0 Å². The summed E-state index contributed by atoms with van der Waals surface area (Å²) in [5.74, 6) is 1.82. The predicted molar refractivity (Wildman–Crippen MR) is 87.5 cm³/mol. The maximum atomic E-state index is 6.31. The molecule has 3 nitrogen and oxygen atoms in total. The summed E-state index contributed by atoms with van der Waals surface area (Å²) in [6.45, 7) is 9.09. The van der Waals surface area contributed by atoms with E-state index in [1.807, 2.05) is 0 Å². The van der Waals surface area contributed by atoms with E-state index in [4.69, 9.17) is 4.74 Å². The van der Waals surface area contributed by atoms with Gasteiger partial charge in [-0.1, -0.05) is 33.1 Å². The van der Waals surface area contributed by atoms with E-state index in [9.17, 15) is 0 Å². The molecule has 1 saturated carbocycles. The third-order valence-corrected chi connectivity index (χ3v) is 6.23. The second-order valence-electron chi connectivity index (χ2n) is 7.44. The molecule has 0 amide bonds. The van der Waals surface area contributed by atoms with E-state index in [0.29, 0.717) is 12.1 Å². The molecule has 0 aromatic heterocycles. The van der Waals surface area contributed by atoms with Gasteiger partial charge < -0.3 is 10.1 Å². The van der Waals surface area contributed by atoms with Crippen LogP contribution in [-0.2, 0) is 4.74 Å². The van der Waals surface area contributed by atoms with Crippen LogP contribution in [0.4, 0.5) is 0 Å². The number of hydrogen-bond acceptors (Lipinski definition) is 3. The highest BCUT2D eigenvalue weighted by molar-refractivity contribution is 4.93. The van der Waals surface area contributed by atoms with E-state index in [1.165, 1.54) is 51.5 Å². The standard InChI is InChI=1S/C18H34N2O/c1-3-14-7-9-15(10-8-14)18(19-4-2)17-12-20-11-5-6-16(20)13-21-17/h14-19H,3-13H2,1-2H3. The summed E-state index contributed by atoms with van der Waals surface area (Å²) >= 11 is 0. The van der Waals surface area contributed by atoms with Crippen molar-refractivity contribution >= 4 is 0 Å². The van der Waals surface area contributed by atoms with Gasteiger partial charge in [0, 0.05) is 18.6 Å². The Bertz CT molecular complexity index is 314. The first kappa shape index (κ1) is 15.8. The lowest BCUT2D eigenvalue weighted by atomic mass is 9.76. The molecular formula is C18H34N2O. The molecule has 3 atom stereocenters. The van der Waals surface area contributed by atoms with E-state index in [0.717, 1.165) is 37.6 Å². The summed E-state index contributed by atoms with van der Waals surface area (Å²) in [4.78, 5) is 2.69. The molecule has 122 valence electrons. The molecular weight excluding hydrogens is 260 g/mol. The second kappa shape index (κ2) is 7.43. The number of rotatable bonds is 5. The first-order chi connectivity index (χ1) is 10.3. The van der Waals surface area contributed by atoms with E-state index >= 15 is 0 Å². The fourth-order valence-corrected chi connectivity index (χ4v) is 4.85. The fraction of sp³-hybridized carbons (Fsp3) is 1.00. The molecule has 3 heteroatoms. The fourth-order valence-electron chi connectivity index (χ4n) is 4.85. The lowest BCUT2D eigenvalue weighted by Gasteiger charge is -2.43. The minimum Gasteiger partial charge on any atom is -0.374 e. The average molecular weight is 294 g/mol. The van der Waals surface area contributed by atoms with Gasteiger partial charge in [-0.25, -0.2) is 0 Å². The van der Waals surface area contributed by atoms with Gasteiger partial charge in [0.15, 0.2) is 0 Å². The monoisotopic (exact) mass is 294 g/mol. The molecule has 2 heterocycles. The van der Waals surface area contributed by atoms with Crippen LogP contribution in [0.5, 0.6) is 0 Å². The van der Waals surface area contributed by atoms with Gasteiger partial charge in [-0.15, -0.1) is 0 Å². The molecule has 3 rings (SSSR count). The highest BCUT2D eigenvalue weighted by Gasteiger charge is 2.39. The second-order valence-corrected chi connectivity index (χ2v) is 7.44. The molecule has 0 radical (unpaired) electrons. The Hall–Kier alpha value is -0.120. The zero-order chi connectivity index (χ0) is 14.7. The van der Waals surface area contributed by atoms with Gasteiger partial charge >= 0.3 is 0 Å². The molecule has 1 aliphatic carbocycles. The number of hydrogen-bond donors (Lipinski definition) is 1. The molecule has 2 aliphatic heterocycles. The first-order valence-electron chi connectivity index (χ1n) is 9.40. The Morgan fingerprint density at radius 1 is 1.14 bits per heavy atom. The quantitative estimate of drug-likeness (QED) is 0.843. The van der Waals surface area contributed by atoms with Crippen LogP contribution in [0.15, 0.2) is 0 Å². The smallest absolute Gasteiger partial charge is 0.0858 e. The Labute approximate surface area is 130 Å². The SMILES string of the molecule is CCNC(C1CCC(CC)CC1)C1CN2CCCC2CO1. The number of likely N-dealkylation sites (N-methyl/N-ethyl adjacent to an activating group) is 1. The third kappa shape index (κ3) is 3.62. The van der Waals surface area contributed by atoms with E-state index in [1.54, 1.807) is 0 Å². The highest BCUT2D eigenvalue weighted by Crippen LogP contribution is 2.35. The third-order valence-electron chi connectivity index (χ3n) is 6.23. The van der Waals surface area contributed by atoms with Crippen LogP contribution in [0.2, 0.25) is 0 Å². The number of fused-ring (bicyclic) bond motifs is 1. The van der Waals surface area contributed by atoms with Crippen molar-refractivity contribution in [2.24, 2.45) is 11.8 Å². The maximum Gasteiger partial charge on any atom is 0.0858 e. The Morgan fingerprint density at radius 2 is 1.95 bits per heavy atom. The summed E-state index contributed by atoms with van der Waals surface area (Å²) in [7, 11) is 0. The van der Waals surface area contributed by atoms with Gasteiger partial charge in [0.2, 0.25) is 0 Å². The normalized spacial score (nSPS) is 39.1. The van der Waals surface area contributed by atoms with Gasteiger partial charge in [0.25, 0.3) is 0 Å². The maximum absolute atomic E-state index is 6.31. The summed E-state index contributed by atoms with van der Waals surface area (Å²) in [5.41, 5.74) is 0. The molecule has 0 bridgehead atoms. The largest absolute Gasteiger partial charge is 0.374 e. The van der Waals surface area contributed by atoms with Crippen molar-refractivity contribution in [2.45, 2.75) is 77.0 Å². The van der Waals surface area contributed by atoms with Gasteiger partial charge in [0.05, 0.1) is 12.7 Å². The zero-order valence-electron chi connectivity index (χ0n) is 14.0. The van der Waals surface area contributed by atoms with Crippen molar-refractivity contribution in [1.82, 2.24) is 10.2 Å². The van der Waals surface area contributed by atoms with Gasteiger partial charge in [0.1, 0.15) is 0 Å². The van der Waals surface area contributed by atoms with Crippen LogP contribution in [0.25, 0.3) is 0 Å². The molecule has 3 unspecified atom stereocenters. The van der Waals surface area contributed by atoms with Gasteiger partial charge in [-0.3, -0.25) is 4.90 Å². The van der Waals surface area contributed by atoms with Crippen molar-refractivity contribution in [1.29, 1.82) is 0 Å². The highest BCUT2D eigenvalue weighted by atomic mass is 16.5. The van der Waals surface area contributed by atoms with Crippen LogP contribution in [0, 0.1) is 11.8 Å². The number of morpholine rings is 1. The van der Waals surface area contributed by atoms with E-state index < -0.39 is 0 Å². The predicted octanol–water partition coefficient (Wildman–Crippen LogP) is 3.04. The molecule has 0 spiro atoms. The minimum atomic E-state index is 0.419. The van der Waals surface area contributed by atoms with E-state index in [2.05, 4.69) is 24.1 Å². The van der Waals surface area contributed by atoms with Gasteiger partial charge in [-0.05, 0) is 50.6 Å². The Kier molecular flexibility index (Phi) is 5.58. The molecule has 0 aromatic carbocycles. The summed E-state index contributed by atoms with van der Waals surface area (Å²) in [6, 6.07) is 1.30. The van der Waals surface area contributed by atoms with Crippen LogP contribution in [0.1, 0.15) is 58.8 Å². The Balaban J connectivity index is 1.59. The van der Waals surface area contributed by atoms with Gasteiger partial charge in [-0.2, -0.15) is 0 Å². The molecule has 1 N–H and O–H groups in total. The minimum absolute atomic E-state index is 0.419. The van der Waals surface area contributed by atoms with Crippen LogP contribution < -0.4 is 5.32 Å². The first-order valence-corrected chi connectivity index (χ1v) is 9.40.